The highest BCUT2D eigenvalue weighted by Crippen LogP contribution is 2.11. The topological polar surface area (TPSA) is 54.2 Å². The summed E-state index contributed by atoms with van der Waals surface area (Å²) in [5.74, 6) is 0.827. The summed E-state index contributed by atoms with van der Waals surface area (Å²) in [6, 6.07) is 7.78. The molecule has 5 nitrogen and oxygen atoms in total. The molecule has 0 atom stereocenters. The molecule has 0 aliphatic carbocycles. The maximum Gasteiger partial charge on any atom is 0.191 e. The number of aryl methyl sites for hydroxylation is 1. The van der Waals surface area contributed by atoms with Crippen LogP contribution in [0.5, 0.6) is 0 Å². The molecule has 1 aromatic heterocycles. The van der Waals surface area contributed by atoms with Crippen LogP contribution in [0, 0.1) is 0 Å². The number of benzene rings is 1. The molecule has 22 heavy (non-hydrogen) atoms. The fourth-order valence-electron chi connectivity index (χ4n) is 2.03. The normalized spacial score (nSPS) is 11.5. The largest absolute Gasteiger partial charge is 0.357 e. The van der Waals surface area contributed by atoms with Crippen LogP contribution >= 0.6 is 11.6 Å². The Balaban J connectivity index is 1.79. The molecule has 0 aliphatic heterocycles. The first-order chi connectivity index (χ1) is 10.8. The zero-order valence-electron chi connectivity index (χ0n) is 12.8. The second-order valence-electron chi connectivity index (χ2n) is 4.91. The van der Waals surface area contributed by atoms with Crippen LogP contribution in [0.15, 0.2) is 48.0 Å². The smallest absolute Gasteiger partial charge is 0.191 e. The molecule has 0 radical (unpaired) electrons. The van der Waals surface area contributed by atoms with Gasteiger partial charge in [-0.3, -0.25) is 0 Å². The van der Waals surface area contributed by atoms with E-state index in [0.29, 0.717) is 6.54 Å². The second-order valence-corrected chi connectivity index (χ2v) is 5.34. The number of aromatic nitrogens is 2. The van der Waals surface area contributed by atoms with Gasteiger partial charge in [-0.15, -0.1) is 0 Å². The average molecular weight is 320 g/mol. The molecule has 2 rings (SSSR count). The quantitative estimate of drug-likeness (QED) is 0.469. The van der Waals surface area contributed by atoms with Crippen LogP contribution in [-0.2, 0) is 13.1 Å². The molecule has 0 spiro atoms. The summed E-state index contributed by atoms with van der Waals surface area (Å²) in [5.41, 5.74) is 1.10. The number of halogens is 1. The van der Waals surface area contributed by atoms with Gasteiger partial charge in [-0.25, -0.2) is 9.98 Å². The predicted octanol–water partition coefficient (Wildman–Crippen LogP) is 2.68. The Labute approximate surface area is 136 Å². The number of imidazole rings is 1. The van der Waals surface area contributed by atoms with E-state index in [-0.39, 0.29) is 0 Å². The third-order valence-electron chi connectivity index (χ3n) is 3.10. The van der Waals surface area contributed by atoms with Crippen molar-refractivity contribution < 1.29 is 0 Å². The minimum atomic E-state index is 0.609. The highest BCUT2D eigenvalue weighted by Gasteiger charge is 1.98. The van der Waals surface area contributed by atoms with Gasteiger partial charge in [0.25, 0.3) is 0 Å². The zero-order valence-corrected chi connectivity index (χ0v) is 13.6. The molecule has 2 aromatic rings. The van der Waals surface area contributed by atoms with E-state index < -0.39 is 0 Å². The summed E-state index contributed by atoms with van der Waals surface area (Å²) in [6.45, 7) is 5.31. The highest BCUT2D eigenvalue weighted by atomic mass is 35.5. The number of hydrogen-bond donors (Lipinski definition) is 2. The molecule has 0 saturated heterocycles. The Morgan fingerprint density at radius 1 is 1.36 bits per heavy atom. The second kappa shape index (κ2) is 9.10. The first kappa shape index (κ1) is 16.4. The van der Waals surface area contributed by atoms with Crippen molar-refractivity contribution >= 4 is 17.6 Å². The van der Waals surface area contributed by atoms with E-state index in [4.69, 9.17) is 11.6 Å². The third kappa shape index (κ3) is 5.77. The molecule has 0 amide bonds. The van der Waals surface area contributed by atoms with E-state index in [2.05, 4.69) is 32.1 Å². The molecule has 0 bridgehead atoms. The summed E-state index contributed by atoms with van der Waals surface area (Å²) < 4.78 is 2.07. The van der Waals surface area contributed by atoms with Crippen molar-refractivity contribution in [3.8, 4) is 0 Å². The lowest BCUT2D eigenvalue weighted by atomic mass is 10.2. The van der Waals surface area contributed by atoms with Gasteiger partial charge in [-0.1, -0.05) is 23.7 Å². The molecule has 6 heteroatoms. The monoisotopic (exact) mass is 319 g/mol. The SMILES string of the molecule is CCNC(=NCc1cccc(Cl)c1)NCCCn1ccnc1. The van der Waals surface area contributed by atoms with Gasteiger partial charge in [-0.2, -0.15) is 0 Å². The van der Waals surface area contributed by atoms with Gasteiger partial charge in [0, 0.05) is 37.1 Å². The minimum absolute atomic E-state index is 0.609. The van der Waals surface area contributed by atoms with Crippen LogP contribution in [0.4, 0.5) is 0 Å². The third-order valence-corrected chi connectivity index (χ3v) is 3.33. The van der Waals surface area contributed by atoms with Gasteiger partial charge in [0.15, 0.2) is 5.96 Å². The van der Waals surface area contributed by atoms with Crippen LogP contribution < -0.4 is 10.6 Å². The van der Waals surface area contributed by atoms with E-state index in [9.17, 15) is 0 Å². The van der Waals surface area contributed by atoms with Crippen molar-refractivity contribution in [1.82, 2.24) is 20.2 Å². The van der Waals surface area contributed by atoms with Gasteiger partial charge >= 0.3 is 0 Å². The van der Waals surface area contributed by atoms with E-state index in [1.165, 1.54) is 0 Å². The Morgan fingerprint density at radius 3 is 3.00 bits per heavy atom. The van der Waals surface area contributed by atoms with E-state index in [0.717, 1.165) is 42.6 Å². The number of hydrogen-bond acceptors (Lipinski definition) is 2. The summed E-state index contributed by atoms with van der Waals surface area (Å²) in [4.78, 5) is 8.61. The fourth-order valence-corrected chi connectivity index (χ4v) is 2.25. The molecule has 2 N–H and O–H groups in total. The number of nitrogens with one attached hydrogen (secondary N) is 2. The van der Waals surface area contributed by atoms with Crippen LogP contribution in [0.1, 0.15) is 18.9 Å². The molecule has 1 heterocycles. The van der Waals surface area contributed by atoms with Crippen molar-refractivity contribution in [3.05, 3.63) is 53.6 Å². The van der Waals surface area contributed by atoms with Crippen molar-refractivity contribution in [1.29, 1.82) is 0 Å². The summed E-state index contributed by atoms with van der Waals surface area (Å²) >= 11 is 5.99. The van der Waals surface area contributed by atoms with E-state index >= 15 is 0 Å². The van der Waals surface area contributed by atoms with Gasteiger partial charge in [0.1, 0.15) is 0 Å². The standard InChI is InChI=1S/C16H22ClN5/c1-2-19-16(20-7-4-9-22-10-8-18-13-22)21-12-14-5-3-6-15(17)11-14/h3,5-6,8,10-11,13H,2,4,7,9,12H2,1H3,(H2,19,20,21). The van der Waals surface area contributed by atoms with Gasteiger partial charge in [0.2, 0.25) is 0 Å². The van der Waals surface area contributed by atoms with Crippen LogP contribution in [0.2, 0.25) is 5.02 Å². The summed E-state index contributed by atoms with van der Waals surface area (Å²) in [7, 11) is 0. The average Bonchev–Trinajstić information content (AvgIpc) is 3.02. The molecule has 0 saturated carbocycles. The molecular formula is C16H22ClN5. The molecule has 0 unspecified atom stereocenters. The van der Waals surface area contributed by atoms with Crippen LogP contribution in [0.25, 0.3) is 0 Å². The maximum absolute atomic E-state index is 5.99. The van der Waals surface area contributed by atoms with Crippen molar-refractivity contribution in [2.24, 2.45) is 4.99 Å². The lowest BCUT2D eigenvalue weighted by molar-refractivity contribution is 0.624. The molecule has 0 aliphatic rings. The Hall–Kier alpha value is -2.01. The van der Waals surface area contributed by atoms with Gasteiger partial charge in [-0.05, 0) is 31.0 Å². The fraction of sp³-hybridized carbons (Fsp3) is 0.375. The van der Waals surface area contributed by atoms with Crippen molar-refractivity contribution in [2.75, 3.05) is 13.1 Å². The zero-order chi connectivity index (χ0) is 15.6. The molecule has 118 valence electrons. The molecular weight excluding hydrogens is 298 g/mol. The van der Waals surface area contributed by atoms with Crippen LogP contribution in [0.3, 0.4) is 0 Å². The van der Waals surface area contributed by atoms with Crippen molar-refractivity contribution in [2.45, 2.75) is 26.4 Å². The maximum atomic E-state index is 5.99. The predicted molar refractivity (Wildman–Crippen MR) is 91.1 cm³/mol. The Morgan fingerprint density at radius 2 is 2.27 bits per heavy atom. The summed E-state index contributed by atoms with van der Waals surface area (Å²) in [6.07, 6.45) is 6.61. The number of nitrogens with zero attached hydrogens (tertiary/aromatic N) is 3. The van der Waals surface area contributed by atoms with Gasteiger partial charge < -0.3 is 15.2 Å². The number of rotatable bonds is 7. The number of guanidine groups is 1. The first-order valence-electron chi connectivity index (χ1n) is 7.50. The molecule has 0 fully saturated rings. The summed E-state index contributed by atoms with van der Waals surface area (Å²) in [5, 5.41) is 7.33. The lowest BCUT2D eigenvalue weighted by Crippen LogP contribution is -2.38. The van der Waals surface area contributed by atoms with Crippen molar-refractivity contribution in [3.63, 3.8) is 0 Å². The highest BCUT2D eigenvalue weighted by molar-refractivity contribution is 6.30. The van der Waals surface area contributed by atoms with Crippen LogP contribution in [-0.4, -0.2) is 28.6 Å². The lowest BCUT2D eigenvalue weighted by Gasteiger charge is -2.11. The molecule has 1 aromatic carbocycles. The number of aliphatic imine (C=N–C) groups is 1. The van der Waals surface area contributed by atoms with E-state index in [1.807, 2.05) is 36.8 Å². The van der Waals surface area contributed by atoms with Gasteiger partial charge in [0.05, 0.1) is 12.9 Å². The first-order valence-corrected chi connectivity index (χ1v) is 7.88. The minimum Gasteiger partial charge on any atom is -0.357 e. The van der Waals surface area contributed by atoms with E-state index in [1.54, 1.807) is 6.20 Å². The Bertz CT molecular complexity index is 580. The Kier molecular flexibility index (Phi) is 6.77.